The molecule has 0 aromatic rings. The molecular formula is C11H24N2O2S. The van der Waals surface area contributed by atoms with Crippen molar-refractivity contribution >= 4 is 9.84 Å². The second-order valence-corrected chi connectivity index (χ2v) is 7.21. The van der Waals surface area contributed by atoms with Gasteiger partial charge in [0.05, 0.1) is 5.25 Å². The fourth-order valence-electron chi connectivity index (χ4n) is 1.89. The van der Waals surface area contributed by atoms with Crippen LogP contribution in [0.3, 0.4) is 0 Å². The van der Waals surface area contributed by atoms with Gasteiger partial charge < -0.3 is 10.2 Å². The summed E-state index contributed by atoms with van der Waals surface area (Å²) in [6.45, 7) is 6.84. The van der Waals surface area contributed by atoms with Gasteiger partial charge >= 0.3 is 0 Å². The molecule has 0 aromatic carbocycles. The average Bonchev–Trinajstić information content (AvgIpc) is 2.68. The number of likely N-dealkylation sites (tertiary alicyclic amines) is 1. The number of rotatable bonds is 7. The first-order valence-corrected chi connectivity index (χ1v) is 8.07. The Bertz CT molecular complexity index is 284. The fourth-order valence-corrected chi connectivity index (χ4v) is 2.31. The van der Waals surface area contributed by atoms with Crippen LogP contribution in [-0.2, 0) is 9.84 Å². The molecular weight excluding hydrogens is 224 g/mol. The van der Waals surface area contributed by atoms with Crippen LogP contribution < -0.4 is 5.32 Å². The van der Waals surface area contributed by atoms with Crippen LogP contribution in [0.5, 0.6) is 0 Å². The van der Waals surface area contributed by atoms with Gasteiger partial charge in [-0.15, -0.1) is 0 Å². The van der Waals surface area contributed by atoms with E-state index in [1.807, 2.05) is 0 Å². The summed E-state index contributed by atoms with van der Waals surface area (Å²) in [5.41, 5.74) is 0. The van der Waals surface area contributed by atoms with E-state index in [2.05, 4.69) is 10.2 Å². The highest BCUT2D eigenvalue weighted by Gasteiger charge is 2.14. The Morgan fingerprint density at radius 1 is 1.31 bits per heavy atom. The molecule has 0 radical (unpaired) electrons. The predicted molar refractivity (Wildman–Crippen MR) is 67.5 cm³/mol. The van der Waals surface area contributed by atoms with Crippen LogP contribution in [-0.4, -0.2) is 57.5 Å². The van der Waals surface area contributed by atoms with E-state index in [-0.39, 0.29) is 5.25 Å². The van der Waals surface area contributed by atoms with Crippen molar-refractivity contribution in [2.75, 3.05) is 39.0 Å². The lowest BCUT2D eigenvalue weighted by Gasteiger charge is -2.15. The topological polar surface area (TPSA) is 49.4 Å². The zero-order valence-corrected chi connectivity index (χ0v) is 11.2. The smallest absolute Gasteiger partial charge is 0.151 e. The molecule has 1 rings (SSSR count). The second-order valence-electron chi connectivity index (χ2n) is 4.75. The van der Waals surface area contributed by atoms with E-state index >= 15 is 0 Å². The monoisotopic (exact) mass is 248 g/mol. The minimum absolute atomic E-state index is 0.278. The highest BCUT2D eigenvalue weighted by Crippen LogP contribution is 2.06. The third-order valence-electron chi connectivity index (χ3n) is 3.19. The number of hydrogen-bond acceptors (Lipinski definition) is 4. The largest absolute Gasteiger partial charge is 0.315 e. The molecule has 1 saturated heterocycles. The molecule has 5 heteroatoms. The number of nitrogens with zero attached hydrogens (tertiary/aromatic N) is 1. The van der Waals surface area contributed by atoms with Crippen LogP contribution in [0.4, 0.5) is 0 Å². The summed E-state index contributed by atoms with van der Waals surface area (Å²) >= 11 is 0. The van der Waals surface area contributed by atoms with Crippen LogP contribution in [0.1, 0.15) is 26.2 Å². The molecule has 1 atom stereocenters. The molecule has 0 amide bonds. The van der Waals surface area contributed by atoms with Gasteiger partial charge in [0.1, 0.15) is 0 Å². The van der Waals surface area contributed by atoms with Gasteiger partial charge in [-0.25, -0.2) is 8.42 Å². The Balaban J connectivity index is 1.99. The second kappa shape index (κ2) is 6.57. The number of nitrogens with one attached hydrogen (secondary N) is 1. The van der Waals surface area contributed by atoms with Crippen molar-refractivity contribution in [3.05, 3.63) is 0 Å². The molecule has 1 N–H and O–H groups in total. The highest BCUT2D eigenvalue weighted by atomic mass is 32.2. The first-order chi connectivity index (χ1) is 7.50. The van der Waals surface area contributed by atoms with Crippen molar-refractivity contribution < 1.29 is 8.42 Å². The predicted octanol–water partition coefficient (Wildman–Crippen LogP) is 0.495. The third kappa shape index (κ3) is 5.27. The van der Waals surface area contributed by atoms with E-state index < -0.39 is 9.84 Å². The van der Waals surface area contributed by atoms with Gasteiger partial charge in [-0.3, -0.25) is 0 Å². The Kier molecular flexibility index (Phi) is 5.72. The number of hydrogen-bond donors (Lipinski definition) is 1. The van der Waals surface area contributed by atoms with E-state index in [1.54, 1.807) is 6.92 Å². The van der Waals surface area contributed by atoms with Crippen LogP contribution in [0.25, 0.3) is 0 Å². The zero-order chi connectivity index (χ0) is 12.0. The normalized spacial score (nSPS) is 20.1. The van der Waals surface area contributed by atoms with Crippen LogP contribution in [0.15, 0.2) is 0 Å². The van der Waals surface area contributed by atoms with Gasteiger partial charge in [0.15, 0.2) is 9.84 Å². The lowest BCUT2D eigenvalue weighted by Crippen LogP contribution is -2.32. The van der Waals surface area contributed by atoms with Crippen LogP contribution >= 0.6 is 0 Å². The van der Waals surface area contributed by atoms with E-state index in [4.69, 9.17) is 0 Å². The van der Waals surface area contributed by atoms with Gasteiger partial charge in [-0.05, 0) is 52.4 Å². The average molecular weight is 248 g/mol. The van der Waals surface area contributed by atoms with Crippen LogP contribution in [0.2, 0.25) is 0 Å². The lowest BCUT2D eigenvalue weighted by atomic mass is 10.3. The molecule has 0 aliphatic carbocycles. The molecule has 0 aromatic heterocycles. The molecule has 16 heavy (non-hydrogen) atoms. The summed E-state index contributed by atoms with van der Waals surface area (Å²) in [5, 5.41) is 2.93. The molecule has 1 aliphatic rings. The fraction of sp³-hybridized carbons (Fsp3) is 1.00. The molecule has 0 bridgehead atoms. The molecule has 1 unspecified atom stereocenters. The minimum Gasteiger partial charge on any atom is -0.315 e. The molecule has 1 fully saturated rings. The van der Waals surface area contributed by atoms with Gasteiger partial charge in [0.2, 0.25) is 0 Å². The van der Waals surface area contributed by atoms with Crippen molar-refractivity contribution in [2.24, 2.45) is 0 Å². The first-order valence-electron chi connectivity index (χ1n) is 6.12. The maximum atomic E-state index is 11.2. The van der Waals surface area contributed by atoms with Crippen molar-refractivity contribution in [3.63, 3.8) is 0 Å². The highest BCUT2D eigenvalue weighted by molar-refractivity contribution is 7.91. The molecule has 1 aliphatic heterocycles. The Morgan fingerprint density at radius 3 is 2.50 bits per heavy atom. The van der Waals surface area contributed by atoms with Crippen LogP contribution in [0, 0.1) is 0 Å². The lowest BCUT2D eigenvalue weighted by molar-refractivity contribution is 0.331. The quantitative estimate of drug-likeness (QED) is 0.666. The Morgan fingerprint density at radius 2 is 1.94 bits per heavy atom. The van der Waals surface area contributed by atoms with E-state index in [1.165, 1.54) is 32.2 Å². The van der Waals surface area contributed by atoms with Gasteiger partial charge in [-0.2, -0.15) is 0 Å². The Hall–Kier alpha value is -0.130. The van der Waals surface area contributed by atoms with Gasteiger partial charge in [0, 0.05) is 12.8 Å². The summed E-state index contributed by atoms with van der Waals surface area (Å²) < 4.78 is 22.3. The van der Waals surface area contributed by atoms with Crippen molar-refractivity contribution in [1.29, 1.82) is 0 Å². The summed E-state index contributed by atoms with van der Waals surface area (Å²) in [5.74, 6) is 0. The maximum Gasteiger partial charge on any atom is 0.151 e. The van der Waals surface area contributed by atoms with E-state index in [0.29, 0.717) is 6.54 Å². The van der Waals surface area contributed by atoms with E-state index in [0.717, 1.165) is 19.5 Å². The standard InChI is InChI=1S/C11H24N2O2S/c1-11(16(2,14)15)10-12-6-5-9-13-7-3-4-8-13/h11-12H,3-10H2,1-2H3. The molecule has 0 saturated carbocycles. The summed E-state index contributed by atoms with van der Waals surface area (Å²) in [6, 6.07) is 0. The molecule has 0 spiro atoms. The Labute approximate surface area is 99.3 Å². The molecule has 4 nitrogen and oxygen atoms in total. The summed E-state index contributed by atoms with van der Waals surface area (Å²) in [4.78, 5) is 2.47. The first kappa shape index (κ1) is 13.9. The number of sulfone groups is 1. The molecule has 96 valence electrons. The third-order valence-corrected chi connectivity index (χ3v) is 4.82. The van der Waals surface area contributed by atoms with Gasteiger partial charge in [0.25, 0.3) is 0 Å². The molecule has 1 heterocycles. The summed E-state index contributed by atoms with van der Waals surface area (Å²) in [7, 11) is -2.88. The van der Waals surface area contributed by atoms with Crippen molar-refractivity contribution in [1.82, 2.24) is 10.2 Å². The van der Waals surface area contributed by atoms with Gasteiger partial charge in [-0.1, -0.05) is 0 Å². The maximum absolute atomic E-state index is 11.2. The SMILES string of the molecule is CC(CNCCCN1CCCC1)S(C)(=O)=O. The minimum atomic E-state index is -2.88. The summed E-state index contributed by atoms with van der Waals surface area (Å²) in [6.07, 6.45) is 5.07. The zero-order valence-electron chi connectivity index (χ0n) is 10.4. The van der Waals surface area contributed by atoms with E-state index in [9.17, 15) is 8.42 Å². The van der Waals surface area contributed by atoms with Crippen molar-refractivity contribution in [2.45, 2.75) is 31.4 Å². The van der Waals surface area contributed by atoms with Crippen molar-refractivity contribution in [3.8, 4) is 0 Å².